The molecule has 0 spiro atoms. The summed E-state index contributed by atoms with van der Waals surface area (Å²) in [5, 5.41) is 0.550. The molecule has 0 radical (unpaired) electrons. The number of rotatable bonds is 2. The van der Waals surface area contributed by atoms with Gasteiger partial charge in [0, 0.05) is 52.2 Å². The van der Waals surface area contributed by atoms with Crippen molar-refractivity contribution < 1.29 is 26.3 Å². The van der Waals surface area contributed by atoms with Gasteiger partial charge in [-0.2, -0.15) is 26.3 Å². The van der Waals surface area contributed by atoms with E-state index in [1.54, 1.807) is 36.4 Å². The van der Waals surface area contributed by atoms with Crippen molar-refractivity contribution in [3.8, 4) is 0 Å². The standard InChI is InChI=1S/C25H18F6S2/c1-11-5-7-15-17(9-11)32-13(3)19(15)21-22(24(28,29)25(30,31)23(21,26)27)20-14(4)33-18-10-12(2)6-8-16(18)20/h5-10H,1-4H3. The fourth-order valence-corrected chi connectivity index (χ4v) is 7.00. The maximum Gasteiger partial charge on any atom is 0.380 e. The molecule has 172 valence electrons. The third-order valence-electron chi connectivity index (χ3n) is 6.21. The van der Waals surface area contributed by atoms with Crippen LogP contribution in [0, 0.1) is 27.7 Å². The van der Waals surface area contributed by atoms with Gasteiger partial charge >= 0.3 is 17.8 Å². The number of halogens is 6. The average molecular weight is 497 g/mol. The summed E-state index contributed by atoms with van der Waals surface area (Å²) in [6.07, 6.45) is 0. The monoisotopic (exact) mass is 496 g/mol. The summed E-state index contributed by atoms with van der Waals surface area (Å²) in [5.74, 6) is -15.7. The van der Waals surface area contributed by atoms with Gasteiger partial charge in [-0.15, -0.1) is 22.7 Å². The van der Waals surface area contributed by atoms with E-state index in [-0.39, 0.29) is 21.9 Å². The van der Waals surface area contributed by atoms with Crippen molar-refractivity contribution in [2.75, 3.05) is 0 Å². The van der Waals surface area contributed by atoms with E-state index in [0.717, 1.165) is 33.8 Å². The Labute approximate surface area is 194 Å². The molecule has 0 saturated carbocycles. The molecule has 0 fully saturated rings. The number of benzene rings is 2. The van der Waals surface area contributed by atoms with E-state index in [4.69, 9.17) is 0 Å². The number of allylic oxidation sites excluding steroid dienone is 2. The van der Waals surface area contributed by atoms with Gasteiger partial charge < -0.3 is 0 Å². The molecule has 0 saturated heterocycles. The summed E-state index contributed by atoms with van der Waals surface area (Å²) in [6.45, 7) is 6.64. The van der Waals surface area contributed by atoms with Gasteiger partial charge in [0.25, 0.3) is 0 Å². The Morgan fingerprint density at radius 1 is 0.576 bits per heavy atom. The number of thiophene rings is 2. The number of alkyl halides is 6. The van der Waals surface area contributed by atoms with Crippen LogP contribution in [0.4, 0.5) is 26.3 Å². The molecule has 2 aromatic carbocycles. The summed E-state index contributed by atoms with van der Waals surface area (Å²) in [5.41, 5.74) is -1.28. The Morgan fingerprint density at radius 3 is 1.30 bits per heavy atom. The second kappa shape index (κ2) is 6.85. The lowest BCUT2D eigenvalue weighted by Gasteiger charge is -2.26. The van der Waals surface area contributed by atoms with Crippen LogP contribution in [0.1, 0.15) is 32.0 Å². The largest absolute Gasteiger partial charge is 0.380 e. The number of hydrogen-bond donors (Lipinski definition) is 0. The molecule has 0 N–H and O–H groups in total. The number of fused-ring (bicyclic) bond motifs is 2. The first-order valence-corrected chi connectivity index (χ1v) is 11.8. The topological polar surface area (TPSA) is 0 Å². The molecule has 0 unspecified atom stereocenters. The quantitative estimate of drug-likeness (QED) is 0.243. The van der Waals surface area contributed by atoms with Crippen LogP contribution in [0.5, 0.6) is 0 Å². The molecule has 5 rings (SSSR count). The fraction of sp³-hybridized carbons (Fsp3) is 0.280. The zero-order valence-corrected chi connectivity index (χ0v) is 19.7. The Balaban J connectivity index is 1.98. The van der Waals surface area contributed by atoms with Crippen molar-refractivity contribution >= 4 is 54.0 Å². The molecule has 0 amide bonds. The molecule has 0 nitrogen and oxygen atoms in total. The molecule has 1 aliphatic carbocycles. The van der Waals surface area contributed by atoms with Crippen LogP contribution < -0.4 is 0 Å². The van der Waals surface area contributed by atoms with Crippen molar-refractivity contribution in [1.29, 1.82) is 0 Å². The highest BCUT2D eigenvalue weighted by Crippen LogP contribution is 2.67. The minimum atomic E-state index is -5.57. The van der Waals surface area contributed by atoms with E-state index in [1.807, 2.05) is 13.8 Å². The number of hydrogen-bond acceptors (Lipinski definition) is 2. The van der Waals surface area contributed by atoms with E-state index < -0.39 is 28.9 Å². The van der Waals surface area contributed by atoms with Gasteiger partial charge in [0.1, 0.15) is 0 Å². The second-order valence-corrected chi connectivity index (χ2v) is 11.1. The van der Waals surface area contributed by atoms with Crippen LogP contribution in [0.15, 0.2) is 36.4 Å². The van der Waals surface area contributed by atoms with Crippen LogP contribution in [0.3, 0.4) is 0 Å². The van der Waals surface area contributed by atoms with Gasteiger partial charge in [-0.3, -0.25) is 0 Å². The van der Waals surface area contributed by atoms with Crippen molar-refractivity contribution in [3.63, 3.8) is 0 Å². The van der Waals surface area contributed by atoms with Gasteiger partial charge in [-0.25, -0.2) is 0 Å². The highest BCUT2D eigenvalue weighted by atomic mass is 32.1. The molecular formula is C25H18F6S2. The second-order valence-electron chi connectivity index (χ2n) is 8.54. The summed E-state index contributed by atoms with van der Waals surface area (Å²) in [7, 11) is 0. The number of aryl methyl sites for hydroxylation is 4. The molecule has 1 aliphatic rings. The van der Waals surface area contributed by atoms with Crippen molar-refractivity contribution in [3.05, 3.63) is 68.4 Å². The third kappa shape index (κ3) is 2.83. The van der Waals surface area contributed by atoms with Gasteiger partial charge in [-0.05, 0) is 51.0 Å². The predicted molar refractivity (Wildman–Crippen MR) is 124 cm³/mol. The van der Waals surface area contributed by atoms with Gasteiger partial charge in [-0.1, -0.05) is 24.3 Å². The lowest BCUT2D eigenvalue weighted by atomic mass is 9.91. The van der Waals surface area contributed by atoms with Crippen molar-refractivity contribution in [2.24, 2.45) is 0 Å². The normalized spacial score (nSPS) is 19.2. The maximum atomic E-state index is 15.4. The molecule has 8 heteroatoms. The van der Waals surface area contributed by atoms with Crippen LogP contribution in [0.25, 0.3) is 31.3 Å². The smallest absolute Gasteiger partial charge is 0.194 e. The van der Waals surface area contributed by atoms with Crippen LogP contribution in [0.2, 0.25) is 0 Å². The first kappa shape index (κ1) is 22.5. The SMILES string of the molecule is Cc1ccc2c(C3=C(c4c(C)sc5cc(C)ccc45)C(F)(F)C(F)(F)C3(F)F)c(C)sc2c1. The van der Waals surface area contributed by atoms with E-state index in [9.17, 15) is 8.78 Å². The first-order valence-electron chi connectivity index (χ1n) is 10.2. The van der Waals surface area contributed by atoms with Crippen LogP contribution >= 0.6 is 22.7 Å². The van der Waals surface area contributed by atoms with Gasteiger partial charge in [0.2, 0.25) is 0 Å². The predicted octanol–water partition coefficient (Wildman–Crippen LogP) is 9.18. The zero-order chi connectivity index (χ0) is 24.1. The highest BCUT2D eigenvalue weighted by Gasteiger charge is 2.80. The Morgan fingerprint density at radius 2 is 0.939 bits per heavy atom. The fourth-order valence-electron chi connectivity index (χ4n) is 4.66. The van der Waals surface area contributed by atoms with Gasteiger partial charge in [0.05, 0.1) is 0 Å². The van der Waals surface area contributed by atoms with E-state index >= 15 is 17.6 Å². The summed E-state index contributed by atoms with van der Waals surface area (Å²) in [4.78, 5) is 0.591. The first-order chi connectivity index (χ1) is 15.3. The van der Waals surface area contributed by atoms with Gasteiger partial charge in [0.15, 0.2) is 0 Å². The molecule has 2 heterocycles. The summed E-state index contributed by atoms with van der Waals surface area (Å²) in [6, 6.07) is 9.90. The molecule has 0 aliphatic heterocycles. The van der Waals surface area contributed by atoms with Crippen LogP contribution in [-0.2, 0) is 0 Å². The van der Waals surface area contributed by atoms with Crippen molar-refractivity contribution in [1.82, 2.24) is 0 Å². The van der Waals surface area contributed by atoms with Crippen LogP contribution in [-0.4, -0.2) is 17.8 Å². The summed E-state index contributed by atoms with van der Waals surface area (Å²) >= 11 is 2.27. The Kier molecular flexibility index (Phi) is 4.67. The maximum absolute atomic E-state index is 15.4. The van der Waals surface area contributed by atoms with Crippen molar-refractivity contribution in [2.45, 2.75) is 45.5 Å². The minimum absolute atomic E-state index is 0.224. The molecule has 4 aromatic rings. The Hall–Kier alpha value is -2.32. The Bertz CT molecular complexity index is 1380. The van der Waals surface area contributed by atoms with E-state index in [1.165, 1.54) is 13.8 Å². The molecular weight excluding hydrogens is 478 g/mol. The molecule has 33 heavy (non-hydrogen) atoms. The average Bonchev–Trinajstić information content (AvgIpc) is 3.22. The molecule has 0 bridgehead atoms. The molecule has 0 atom stereocenters. The summed E-state index contributed by atoms with van der Waals surface area (Å²) < 4.78 is 92.4. The minimum Gasteiger partial charge on any atom is -0.194 e. The zero-order valence-electron chi connectivity index (χ0n) is 18.0. The van der Waals surface area contributed by atoms with E-state index in [2.05, 4.69) is 0 Å². The van der Waals surface area contributed by atoms with E-state index in [0.29, 0.717) is 19.2 Å². The lowest BCUT2D eigenvalue weighted by molar-refractivity contribution is -0.254. The lowest BCUT2D eigenvalue weighted by Crippen LogP contribution is -2.48. The molecule has 2 aromatic heterocycles. The highest BCUT2D eigenvalue weighted by molar-refractivity contribution is 7.19. The third-order valence-corrected chi connectivity index (χ3v) is 8.35.